The summed E-state index contributed by atoms with van der Waals surface area (Å²) in [6.45, 7) is 2.66. The molecule has 1 atom stereocenters. The van der Waals surface area contributed by atoms with Gasteiger partial charge in [-0.25, -0.2) is 0 Å². The van der Waals surface area contributed by atoms with Gasteiger partial charge in [0.1, 0.15) is 0 Å². The molecule has 2 nitrogen and oxygen atoms in total. The lowest BCUT2D eigenvalue weighted by Crippen LogP contribution is -2.13. The van der Waals surface area contributed by atoms with E-state index in [-0.39, 0.29) is 0 Å². The molecule has 0 heterocycles. The lowest BCUT2D eigenvalue weighted by molar-refractivity contribution is 0.310. The third-order valence-electron chi connectivity index (χ3n) is 6.31. The molecule has 1 aliphatic rings. The van der Waals surface area contributed by atoms with E-state index in [1.165, 1.54) is 44.7 Å². The van der Waals surface area contributed by atoms with E-state index in [0.29, 0.717) is 12.5 Å². The molecule has 0 aliphatic heterocycles. The number of methoxy groups -OCH3 is 1. The maximum Gasteiger partial charge on any atom is 0.161 e. The van der Waals surface area contributed by atoms with Gasteiger partial charge in [-0.3, -0.25) is 0 Å². The highest BCUT2D eigenvalue weighted by Gasteiger charge is 2.23. The minimum atomic E-state index is 0.504. The van der Waals surface area contributed by atoms with Gasteiger partial charge in [-0.05, 0) is 82.5 Å². The monoisotopic (exact) mass is 382 g/mol. The van der Waals surface area contributed by atoms with Gasteiger partial charge in [-0.2, -0.15) is 0 Å². The van der Waals surface area contributed by atoms with E-state index < -0.39 is 0 Å². The summed E-state index contributed by atoms with van der Waals surface area (Å²) in [7, 11) is 1.70. The molecule has 1 unspecified atom stereocenters. The molecule has 1 aliphatic carbocycles. The van der Waals surface area contributed by atoms with Crippen LogP contribution in [0.1, 0.15) is 36.0 Å². The average Bonchev–Trinajstić information content (AvgIpc) is 2.78. The van der Waals surface area contributed by atoms with E-state index >= 15 is 0 Å². The molecule has 0 fully saturated rings. The predicted molar refractivity (Wildman–Crippen MR) is 120 cm³/mol. The van der Waals surface area contributed by atoms with Crippen LogP contribution >= 0.6 is 0 Å². The van der Waals surface area contributed by atoms with Crippen molar-refractivity contribution in [2.75, 3.05) is 13.7 Å². The third-order valence-corrected chi connectivity index (χ3v) is 6.31. The molecule has 146 valence electrons. The topological polar surface area (TPSA) is 18.5 Å². The molecular formula is C27H26O2. The minimum absolute atomic E-state index is 0.504. The molecule has 0 N–H and O–H groups in total. The van der Waals surface area contributed by atoms with E-state index in [1.807, 2.05) is 13.0 Å². The van der Waals surface area contributed by atoms with Gasteiger partial charge in [0.15, 0.2) is 11.5 Å². The lowest BCUT2D eigenvalue weighted by atomic mass is 9.78. The predicted octanol–water partition coefficient (Wildman–Crippen LogP) is 6.67. The molecule has 2 heteroatoms. The fraction of sp³-hybridized carbons (Fsp3) is 0.259. The second-order valence-electron chi connectivity index (χ2n) is 7.87. The van der Waals surface area contributed by atoms with Crippen molar-refractivity contribution >= 4 is 21.5 Å². The van der Waals surface area contributed by atoms with Crippen LogP contribution in [0.5, 0.6) is 11.5 Å². The van der Waals surface area contributed by atoms with Crippen LogP contribution in [0.2, 0.25) is 0 Å². The second-order valence-corrected chi connectivity index (χ2v) is 7.87. The average molecular weight is 383 g/mol. The second kappa shape index (κ2) is 7.44. The zero-order valence-electron chi connectivity index (χ0n) is 17.1. The Morgan fingerprint density at radius 2 is 1.72 bits per heavy atom. The van der Waals surface area contributed by atoms with Crippen molar-refractivity contribution in [2.24, 2.45) is 0 Å². The number of aryl methyl sites for hydroxylation is 1. The van der Waals surface area contributed by atoms with Crippen LogP contribution in [0.3, 0.4) is 0 Å². The normalized spacial score (nSPS) is 16.0. The highest BCUT2D eigenvalue weighted by molar-refractivity contribution is 6.08. The molecule has 4 aromatic rings. The first-order chi connectivity index (χ1) is 14.3. The number of fused-ring (bicyclic) bond motifs is 5. The number of rotatable bonds is 4. The van der Waals surface area contributed by atoms with Gasteiger partial charge in [0.25, 0.3) is 0 Å². The smallest absolute Gasteiger partial charge is 0.161 e. The summed E-state index contributed by atoms with van der Waals surface area (Å²) in [6, 6.07) is 24.4. The Morgan fingerprint density at radius 1 is 0.862 bits per heavy atom. The largest absolute Gasteiger partial charge is 0.493 e. The van der Waals surface area contributed by atoms with Crippen LogP contribution in [-0.4, -0.2) is 13.7 Å². The van der Waals surface area contributed by atoms with E-state index in [9.17, 15) is 0 Å². The van der Waals surface area contributed by atoms with Crippen LogP contribution in [0, 0.1) is 0 Å². The molecular weight excluding hydrogens is 356 g/mol. The molecule has 0 amide bonds. The molecule has 0 spiro atoms. The first kappa shape index (κ1) is 18.1. The summed E-state index contributed by atoms with van der Waals surface area (Å²) in [5, 5.41) is 5.43. The van der Waals surface area contributed by atoms with Gasteiger partial charge in [0, 0.05) is 0 Å². The van der Waals surface area contributed by atoms with E-state index in [0.717, 1.165) is 24.3 Å². The van der Waals surface area contributed by atoms with Gasteiger partial charge in [0.2, 0.25) is 0 Å². The molecule has 0 radical (unpaired) electrons. The summed E-state index contributed by atoms with van der Waals surface area (Å²) in [5.41, 5.74) is 4.36. The van der Waals surface area contributed by atoms with Crippen molar-refractivity contribution in [1.29, 1.82) is 0 Å². The SMILES string of the molecule is CCOc1cc(C2CCc3ccc4c(ccc5ccccc54)c3C2)ccc1OC. The van der Waals surface area contributed by atoms with Gasteiger partial charge < -0.3 is 9.47 Å². The quantitative estimate of drug-likeness (QED) is 0.367. The Kier molecular flexibility index (Phi) is 4.63. The standard InChI is InChI=1S/C27H26O2/c1-3-29-27-17-21(12-15-26(27)28-2)20-9-8-19-11-13-23-22-7-5-4-6-18(22)10-14-24(23)25(19)16-20/h4-7,10-15,17,20H,3,8-9,16H2,1-2H3. The zero-order valence-corrected chi connectivity index (χ0v) is 17.1. The Balaban J connectivity index is 1.57. The van der Waals surface area contributed by atoms with E-state index in [4.69, 9.17) is 9.47 Å². The molecule has 0 aromatic heterocycles. The number of benzene rings is 4. The summed E-state index contributed by atoms with van der Waals surface area (Å²) in [5.74, 6) is 2.16. The van der Waals surface area contributed by atoms with Gasteiger partial charge >= 0.3 is 0 Å². The lowest BCUT2D eigenvalue weighted by Gasteiger charge is -2.27. The summed E-state index contributed by atoms with van der Waals surface area (Å²) in [6.07, 6.45) is 3.37. The molecule has 4 aromatic carbocycles. The summed E-state index contributed by atoms with van der Waals surface area (Å²) < 4.78 is 11.3. The highest BCUT2D eigenvalue weighted by atomic mass is 16.5. The maximum absolute atomic E-state index is 5.82. The van der Waals surface area contributed by atoms with Crippen LogP contribution < -0.4 is 9.47 Å². The summed E-state index contributed by atoms with van der Waals surface area (Å²) >= 11 is 0. The van der Waals surface area contributed by atoms with Crippen LogP contribution in [0.15, 0.2) is 66.7 Å². The van der Waals surface area contributed by atoms with Gasteiger partial charge in [0.05, 0.1) is 13.7 Å². The number of hydrogen-bond acceptors (Lipinski definition) is 2. The van der Waals surface area contributed by atoms with Gasteiger partial charge in [-0.15, -0.1) is 0 Å². The Labute approximate surface area is 172 Å². The summed E-state index contributed by atoms with van der Waals surface area (Å²) in [4.78, 5) is 0. The minimum Gasteiger partial charge on any atom is -0.493 e. The Bertz CT molecular complexity index is 1190. The van der Waals surface area contributed by atoms with E-state index in [1.54, 1.807) is 7.11 Å². The van der Waals surface area contributed by atoms with Crippen molar-refractivity contribution in [3.63, 3.8) is 0 Å². The fourth-order valence-corrected chi connectivity index (χ4v) is 4.85. The number of ether oxygens (including phenoxy) is 2. The Hall–Kier alpha value is -3.00. The van der Waals surface area contributed by atoms with Crippen LogP contribution in [0.25, 0.3) is 21.5 Å². The van der Waals surface area contributed by atoms with Crippen LogP contribution in [0.4, 0.5) is 0 Å². The third kappa shape index (κ3) is 3.13. The van der Waals surface area contributed by atoms with Crippen molar-refractivity contribution in [3.8, 4) is 11.5 Å². The van der Waals surface area contributed by atoms with Crippen molar-refractivity contribution in [3.05, 3.63) is 83.4 Å². The maximum atomic E-state index is 5.82. The molecule has 0 saturated heterocycles. The highest BCUT2D eigenvalue weighted by Crippen LogP contribution is 2.40. The zero-order chi connectivity index (χ0) is 19.8. The van der Waals surface area contributed by atoms with Crippen LogP contribution in [-0.2, 0) is 12.8 Å². The molecule has 0 bridgehead atoms. The Morgan fingerprint density at radius 3 is 2.59 bits per heavy atom. The molecule has 5 rings (SSSR count). The van der Waals surface area contributed by atoms with Crippen molar-refractivity contribution in [1.82, 2.24) is 0 Å². The first-order valence-corrected chi connectivity index (χ1v) is 10.5. The first-order valence-electron chi connectivity index (χ1n) is 10.5. The van der Waals surface area contributed by atoms with E-state index in [2.05, 4.69) is 60.7 Å². The van der Waals surface area contributed by atoms with Crippen molar-refractivity contribution in [2.45, 2.75) is 32.1 Å². The molecule has 29 heavy (non-hydrogen) atoms. The van der Waals surface area contributed by atoms with Gasteiger partial charge in [-0.1, -0.05) is 54.6 Å². The fourth-order valence-electron chi connectivity index (χ4n) is 4.85. The molecule has 0 saturated carbocycles. The number of hydrogen-bond donors (Lipinski definition) is 0. The van der Waals surface area contributed by atoms with Crippen molar-refractivity contribution < 1.29 is 9.47 Å².